The first kappa shape index (κ1) is 13.9. The molecule has 0 bridgehead atoms. The van der Waals surface area contributed by atoms with E-state index in [2.05, 4.69) is 22.4 Å². The standard InChI is InChI=1S/C16H18N4O/c17-8-13-12-5-1-2-6-15(12)20-16(14(13)9-18)19-10-11-4-3-7-21-11/h11H,1-7,10H2,(H,19,20)/t11-/m1/s1. The Balaban J connectivity index is 1.91. The highest BCUT2D eigenvalue weighted by Gasteiger charge is 2.23. The summed E-state index contributed by atoms with van der Waals surface area (Å²) in [5.74, 6) is 0.546. The summed E-state index contributed by atoms with van der Waals surface area (Å²) in [6.07, 6.45) is 6.21. The van der Waals surface area contributed by atoms with Crippen molar-refractivity contribution in [3.63, 3.8) is 0 Å². The Morgan fingerprint density at radius 1 is 1.14 bits per heavy atom. The van der Waals surface area contributed by atoms with Crippen molar-refractivity contribution in [1.29, 1.82) is 10.5 Å². The largest absolute Gasteiger partial charge is 0.376 e. The molecular weight excluding hydrogens is 264 g/mol. The van der Waals surface area contributed by atoms with Gasteiger partial charge in [-0.25, -0.2) is 4.98 Å². The molecule has 0 spiro atoms. The minimum atomic E-state index is 0.180. The van der Waals surface area contributed by atoms with E-state index in [4.69, 9.17) is 4.74 Å². The Hall–Kier alpha value is -2.11. The van der Waals surface area contributed by atoms with E-state index >= 15 is 0 Å². The lowest BCUT2D eigenvalue weighted by Crippen LogP contribution is -2.21. The van der Waals surface area contributed by atoms with E-state index in [1.807, 2.05) is 0 Å². The van der Waals surface area contributed by atoms with Crippen LogP contribution in [-0.4, -0.2) is 24.2 Å². The van der Waals surface area contributed by atoms with Crippen LogP contribution in [0.1, 0.15) is 48.1 Å². The van der Waals surface area contributed by atoms with Gasteiger partial charge in [-0.3, -0.25) is 0 Å². The third-order valence-electron chi connectivity index (χ3n) is 4.22. The Morgan fingerprint density at radius 2 is 1.95 bits per heavy atom. The summed E-state index contributed by atoms with van der Waals surface area (Å²) in [5, 5.41) is 22.1. The number of nitrogens with zero attached hydrogens (tertiary/aromatic N) is 3. The molecule has 2 aliphatic rings. The number of aromatic nitrogens is 1. The molecule has 1 aliphatic heterocycles. The van der Waals surface area contributed by atoms with Gasteiger partial charge in [0.25, 0.3) is 0 Å². The fourth-order valence-corrected chi connectivity index (χ4v) is 3.12. The number of aryl methyl sites for hydroxylation is 1. The molecular formula is C16H18N4O. The molecule has 1 atom stereocenters. The first-order chi connectivity index (χ1) is 10.3. The van der Waals surface area contributed by atoms with Gasteiger partial charge < -0.3 is 10.1 Å². The predicted octanol–water partition coefficient (Wildman–Crippen LogP) is 2.29. The zero-order chi connectivity index (χ0) is 14.7. The molecule has 0 aromatic carbocycles. The van der Waals surface area contributed by atoms with E-state index in [1.54, 1.807) is 0 Å². The lowest BCUT2D eigenvalue weighted by Gasteiger charge is -2.20. The average molecular weight is 282 g/mol. The number of hydrogen-bond donors (Lipinski definition) is 1. The highest BCUT2D eigenvalue weighted by Crippen LogP contribution is 2.29. The fourth-order valence-electron chi connectivity index (χ4n) is 3.12. The topological polar surface area (TPSA) is 81.7 Å². The highest BCUT2D eigenvalue weighted by atomic mass is 16.5. The molecule has 1 N–H and O–H groups in total. The molecule has 5 nitrogen and oxygen atoms in total. The van der Waals surface area contributed by atoms with Crippen LogP contribution in [0, 0.1) is 22.7 Å². The summed E-state index contributed by atoms with van der Waals surface area (Å²) in [7, 11) is 0. The van der Waals surface area contributed by atoms with Crippen LogP contribution < -0.4 is 5.32 Å². The number of nitrogens with one attached hydrogen (secondary N) is 1. The molecule has 1 aliphatic carbocycles. The van der Waals surface area contributed by atoms with Gasteiger partial charge in [-0.2, -0.15) is 10.5 Å². The summed E-state index contributed by atoms with van der Waals surface area (Å²) in [5.41, 5.74) is 2.85. The smallest absolute Gasteiger partial charge is 0.145 e. The third-order valence-corrected chi connectivity index (χ3v) is 4.22. The van der Waals surface area contributed by atoms with E-state index in [0.29, 0.717) is 23.5 Å². The van der Waals surface area contributed by atoms with E-state index in [-0.39, 0.29) is 6.10 Å². The van der Waals surface area contributed by atoms with Gasteiger partial charge in [0.15, 0.2) is 0 Å². The second-order valence-electron chi connectivity index (χ2n) is 5.58. The van der Waals surface area contributed by atoms with Gasteiger partial charge >= 0.3 is 0 Å². The first-order valence-corrected chi connectivity index (χ1v) is 7.55. The van der Waals surface area contributed by atoms with Gasteiger partial charge in [0.2, 0.25) is 0 Å². The molecule has 0 saturated carbocycles. The minimum Gasteiger partial charge on any atom is -0.376 e. The van der Waals surface area contributed by atoms with Crippen molar-refractivity contribution in [3.05, 3.63) is 22.4 Å². The molecule has 0 unspecified atom stereocenters. The van der Waals surface area contributed by atoms with Gasteiger partial charge in [0.1, 0.15) is 23.5 Å². The lowest BCUT2D eigenvalue weighted by atomic mass is 9.90. The van der Waals surface area contributed by atoms with Crippen LogP contribution in [0.15, 0.2) is 0 Å². The number of hydrogen-bond acceptors (Lipinski definition) is 5. The van der Waals surface area contributed by atoms with Crippen LogP contribution in [0.2, 0.25) is 0 Å². The summed E-state index contributed by atoms with van der Waals surface area (Å²) >= 11 is 0. The molecule has 0 radical (unpaired) electrons. The second kappa shape index (κ2) is 6.11. The molecule has 0 amide bonds. The highest BCUT2D eigenvalue weighted by molar-refractivity contribution is 5.64. The zero-order valence-corrected chi connectivity index (χ0v) is 12.0. The van der Waals surface area contributed by atoms with Crippen molar-refractivity contribution in [2.75, 3.05) is 18.5 Å². The van der Waals surface area contributed by atoms with Crippen molar-refractivity contribution >= 4 is 5.82 Å². The van der Waals surface area contributed by atoms with E-state index < -0.39 is 0 Å². The lowest BCUT2D eigenvalue weighted by molar-refractivity contribution is 0.120. The number of fused-ring (bicyclic) bond motifs is 1. The Bertz CT molecular complexity index is 621. The molecule has 3 rings (SSSR count). The third kappa shape index (κ3) is 2.70. The van der Waals surface area contributed by atoms with Gasteiger partial charge in [-0.1, -0.05) is 0 Å². The van der Waals surface area contributed by atoms with Crippen LogP contribution >= 0.6 is 0 Å². The van der Waals surface area contributed by atoms with Crippen LogP contribution in [-0.2, 0) is 17.6 Å². The van der Waals surface area contributed by atoms with Crippen molar-refractivity contribution in [2.24, 2.45) is 0 Å². The molecule has 1 fully saturated rings. The maximum Gasteiger partial charge on any atom is 0.145 e. The van der Waals surface area contributed by atoms with Gasteiger partial charge in [0.05, 0.1) is 11.7 Å². The Labute approximate surface area is 124 Å². The van der Waals surface area contributed by atoms with E-state index in [9.17, 15) is 10.5 Å². The van der Waals surface area contributed by atoms with Crippen molar-refractivity contribution in [3.8, 4) is 12.1 Å². The molecule has 5 heteroatoms. The molecule has 1 aromatic rings. The second-order valence-corrected chi connectivity index (χ2v) is 5.58. The van der Waals surface area contributed by atoms with Crippen LogP contribution in [0.5, 0.6) is 0 Å². The van der Waals surface area contributed by atoms with Crippen molar-refractivity contribution < 1.29 is 4.74 Å². The number of nitriles is 2. The van der Waals surface area contributed by atoms with Crippen molar-refractivity contribution in [2.45, 2.75) is 44.6 Å². The fraction of sp³-hybridized carbons (Fsp3) is 0.562. The summed E-state index contributed by atoms with van der Waals surface area (Å²) in [6, 6.07) is 4.36. The minimum absolute atomic E-state index is 0.180. The van der Waals surface area contributed by atoms with Gasteiger partial charge in [-0.15, -0.1) is 0 Å². The van der Waals surface area contributed by atoms with Crippen LogP contribution in [0.3, 0.4) is 0 Å². The predicted molar refractivity (Wildman–Crippen MR) is 77.8 cm³/mol. The maximum atomic E-state index is 9.43. The zero-order valence-electron chi connectivity index (χ0n) is 12.0. The number of pyridine rings is 1. The van der Waals surface area contributed by atoms with E-state index in [1.165, 1.54) is 0 Å². The van der Waals surface area contributed by atoms with E-state index in [0.717, 1.165) is 56.4 Å². The number of rotatable bonds is 3. The first-order valence-electron chi connectivity index (χ1n) is 7.55. The summed E-state index contributed by atoms with van der Waals surface area (Å²) in [6.45, 7) is 1.45. The molecule has 1 aromatic heterocycles. The monoisotopic (exact) mass is 282 g/mol. The summed E-state index contributed by atoms with van der Waals surface area (Å²) < 4.78 is 5.58. The maximum absolute atomic E-state index is 9.43. The number of anilines is 1. The number of ether oxygens (including phenoxy) is 1. The Morgan fingerprint density at radius 3 is 2.67 bits per heavy atom. The average Bonchev–Trinajstić information content (AvgIpc) is 3.04. The Kier molecular flexibility index (Phi) is 4.03. The molecule has 21 heavy (non-hydrogen) atoms. The van der Waals surface area contributed by atoms with Crippen LogP contribution in [0.4, 0.5) is 5.82 Å². The van der Waals surface area contributed by atoms with Crippen LogP contribution in [0.25, 0.3) is 0 Å². The van der Waals surface area contributed by atoms with Gasteiger partial charge in [-0.05, 0) is 44.1 Å². The molecule has 1 saturated heterocycles. The van der Waals surface area contributed by atoms with Crippen molar-refractivity contribution in [1.82, 2.24) is 4.98 Å². The summed E-state index contributed by atoms with van der Waals surface area (Å²) in [4.78, 5) is 4.61. The normalized spacial score (nSPS) is 20.4. The quantitative estimate of drug-likeness (QED) is 0.919. The molecule has 2 heterocycles. The van der Waals surface area contributed by atoms with Gasteiger partial charge in [0, 0.05) is 18.8 Å². The molecule has 108 valence electrons. The SMILES string of the molecule is N#Cc1c(NC[C@H]2CCCO2)nc2c(c1C#N)CCCC2.